The van der Waals surface area contributed by atoms with Gasteiger partial charge < -0.3 is 11.1 Å². The number of benzene rings is 2. The number of rotatable bonds is 3. The number of nitrogens with one attached hydrogen (secondary N) is 1. The molecule has 0 aliphatic rings. The molecule has 0 fully saturated rings. The van der Waals surface area contributed by atoms with Gasteiger partial charge >= 0.3 is 6.03 Å². The SMILES string of the molecule is NC(=O)c1ccc(N(S)C(=O)Nc2ccc(I)c(Cl)c2)cc1. The number of nitrogens with zero attached hydrogens (tertiary/aromatic N) is 1. The molecule has 0 aliphatic carbocycles. The highest BCUT2D eigenvalue weighted by atomic mass is 127. The molecule has 0 aromatic heterocycles. The Bertz CT molecular complexity index is 725. The Kier molecular flexibility index (Phi) is 5.54. The zero-order valence-electron chi connectivity index (χ0n) is 11.1. The van der Waals surface area contributed by atoms with Crippen molar-refractivity contribution in [3.8, 4) is 0 Å². The lowest BCUT2D eigenvalue weighted by atomic mass is 10.2. The van der Waals surface area contributed by atoms with Crippen LogP contribution in [0.2, 0.25) is 5.02 Å². The molecule has 2 rings (SSSR count). The molecule has 0 bridgehead atoms. The van der Waals surface area contributed by atoms with Crippen molar-refractivity contribution in [3.05, 3.63) is 56.6 Å². The van der Waals surface area contributed by atoms with Crippen molar-refractivity contribution < 1.29 is 9.59 Å². The first kappa shape index (κ1) is 16.9. The number of nitrogens with two attached hydrogens (primary N) is 1. The number of urea groups is 1. The molecule has 0 saturated carbocycles. The van der Waals surface area contributed by atoms with Crippen LogP contribution in [0.15, 0.2) is 42.5 Å². The fraction of sp³-hybridized carbons (Fsp3) is 0. The van der Waals surface area contributed by atoms with E-state index in [1.54, 1.807) is 30.3 Å². The maximum absolute atomic E-state index is 12.1. The highest BCUT2D eigenvalue weighted by Gasteiger charge is 2.13. The number of thiol groups is 1. The Hall–Kier alpha value is -1.45. The van der Waals surface area contributed by atoms with Crippen LogP contribution in [0.4, 0.5) is 16.2 Å². The molecule has 2 aromatic rings. The summed E-state index contributed by atoms with van der Waals surface area (Å²) in [4.78, 5) is 23.1. The summed E-state index contributed by atoms with van der Waals surface area (Å²) in [6, 6.07) is 10.9. The van der Waals surface area contributed by atoms with E-state index in [0.29, 0.717) is 22.0 Å². The maximum atomic E-state index is 12.1. The van der Waals surface area contributed by atoms with E-state index < -0.39 is 11.9 Å². The van der Waals surface area contributed by atoms with Crippen molar-refractivity contribution in [2.24, 2.45) is 5.73 Å². The molecule has 0 aliphatic heterocycles. The third-order valence-corrected chi connectivity index (χ3v) is 4.74. The van der Waals surface area contributed by atoms with Crippen molar-refractivity contribution in [2.75, 3.05) is 9.62 Å². The normalized spacial score (nSPS) is 10.1. The van der Waals surface area contributed by atoms with Crippen LogP contribution in [0.3, 0.4) is 0 Å². The summed E-state index contributed by atoms with van der Waals surface area (Å²) in [7, 11) is 0. The summed E-state index contributed by atoms with van der Waals surface area (Å²) in [5.74, 6) is -0.532. The zero-order chi connectivity index (χ0) is 16.3. The van der Waals surface area contributed by atoms with E-state index in [1.807, 2.05) is 0 Å². The number of anilines is 2. The fourth-order valence-corrected chi connectivity index (χ4v) is 2.33. The number of primary amides is 1. The summed E-state index contributed by atoms with van der Waals surface area (Å²) >= 11 is 12.3. The molecular weight excluding hydrogens is 437 g/mol. The zero-order valence-corrected chi connectivity index (χ0v) is 14.9. The minimum Gasteiger partial charge on any atom is -0.366 e. The highest BCUT2D eigenvalue weighted by molar-refractivity contribution is 14.1. The molecule has 3 amide bonds. The number of hydrogen-bond acceptors (Lipinski definition) is 3. The van der Waals surface area contributed by atoms with Crippen LogP contribution in [-0.4, -0.2) is 11.9 Å². The molecular formula is C14H11ClIN3O2S. The van der Waals surface area contributed by atoms with Gasteiger partial charge in [-0.25, -0.2) is 9.10 Å². The molecule has 2 aromatic carbocycles. The van der Waals surface area contributed by atoms with Gasteiger partial charge in [0.25, 0.3) is 0 Å². The van der Waals surface area contributed by atoms with Crippen LogP contribution >= 0.6 is 47.0 Å². The third kappa shape index (κ3) is 4.05. The Balaban J connectivity index is 2.11. The molecule has 114 valence electrons. The van der Waals surface area contributed by atoms with E-state index in [2.05, 4.69) is 40.7 Å². The molecule has 0 spiro atoms. The molecule has 5 nitrogen and oxygen atoms in total. The quantitative estimate of drug-likeness (QED) is 0.493. The summed E-state index contributed by atoms with van der Waals surface area (Å²) in [6.45, 7) is 0. The molecule has 0 atom stereocenters. The van der Waals surface area contributed by atoms with Gasteiger partial charge in [0, 0.05) is 14.8 Å². The van der Waals surface area contributed by atoms with Crippen LogP contribution < -0.4 is 15.4 Å². The first-order valence-corrected chi connectivity index (χ1v) is 7.89. The smallest absolute Gasteiger partial charge is 0.336 e. The largest absolute Gasteiger partial charge is 0.366 e. The van der Waals surface area contributed by atoms with Gasteiger partial charge in [-0.2, -0.15) is 0 Å². The van der Waals surface area contributed by atoms with Crippen molar-refractivity contribution in [1.29, 1.82) is 0 Å². The van der Waals surface area contributed by atoms with Gasteiger partial charge in [0.05, 0.1) is 10.7 Å². The second-order valence-electron chi connectivity index (χ2n) is 4.28. The van der Waals surface area contributed by atoms with Crippen molar-refractivity contribution in [3.63, 3.8) is 0 Å². The lowest BCUT2D eigenvalue weighted by Gasteiger charge is -2.17. The highest BCUT2D eigenvalue weighted by Crippen LogP contribution is 2.24. The Labute approximate surface area is 151 Å². The topological polar surface area (TPSA) is 75.4 Å². The first-order valence-electron chi connectivity index (χ1n) is 6.03. The maximum Gasteiger partial charge on any atom is 0.336 e. The number of amides is 3. The Morgan fingerprint density at radius 3 is 2.36 bits per heavy atom. The molecule has 22 heavy (non-hydrogen) atoms. The van der Waals surface area contributed by atoms with E-state index in [4.69, 9.17) is 17.3 Å². The van der Waals surface area contributed by atoms with Gasteiger partial charge in [0.1, 0.15) is 0 Å². The second-order valence-corrected chi connectivity index (χ2v) is 6.25. The van der Waals surface area contributed by atoms with Crippen LogP contribution in [0, 0.1) is 3.57 Å². The van der Waals surface area contributed by atoms with Gasteiger partial charge in [-0.1, -0.05) is 24.4 Å². The van der Waals surface area contributed by atoms with E-state index in [1.165, 1.54) is 12.1 Å². The monoisotopic (exact) mass is 447 g/mol. The van der Waals surface area contributed by atoms with Gasteiger partial charge in [-0.3, -0.25) is 4.79 Å². The average molecular weight is 448 g/mol. The number of hydrogen-bond donors (Lipinski definition) is 3. The van der Waals surface area contributed by atoms with Crippen LogP contribution in [0.5, 0.6) is 0 Å². The van der Waals surface area contributed by atoms with Crippen LogP contribution in [0.25, 0.3) is 0 Å². The standard InChI is InChI=1S/C14H11ClIN3O2S/c15-11-7-9(3-6-12(11)16)18-14(21)19(22)10-4-1-8(2-5-10)13(17)20/h1-7,22H,(H2,17,20)(H,18,21). The summed E-state index contributed by atoms with van der Waals surface area (Å²) in [5, 5.41) is 3.23. The lowest BCUT2D eigenvalue weighted by Crippen LogP contribution is -2.26. The number of halogens is 2. The minimum absolute atomic E-state index is 0.357. The minimum atomic E-state index is -0.532. The summed E-state index contributed by atoms with van der Waals surface area (Å²) < 4.78 is 2.01. The summed E-state index contributed by atoms with van der Waals surface area (Å²) in [6.07, 6.45) is 0. The average Bonchev–Trinajstić information content (AvgIpc) is 2.50. The van der Waals surface area contributed by atoms with Crippen molar-refractivity contribution in [2.45, 2.75) is 0 Å². The van der Waals surface area contributed by atoms with E-state index in [9.17, 15) is 9.59 Å². The molecule has 0 unspecified atom stereocenters. The molecule has 8 heteroatoms. The van der Waals surface area contributed by atoms with Crippen molar-refractivity contribution in [1.82, 2.24) is 0 Å². The molecule has 0 radical (unpaired) electrons. The van der Waals surface area contributed by atoms with Crippen molar-refractivity contribution >= 4 is 70.3 Å². The van der Waals surface area contributed by atoms with Gasteiger partial charge in [-0.05, 0) is 65.1 Å². The number of carbonyl (C=O) groups is 2. The first-order chi connectivity index (χ1) is 10.4. The van der Waals surface area contributed by atoms with Gasteiger partial charge in [-0.15, -0.1) is 0 Å². The third-order valence-electron chi connectivity index (χ3n) is 2.76. The number of carbonyl (C=O) groups excluding carboxylic acids is 2. The van der Waals surface area contributed by atoms with Crippen LogP contribution in [-0.2, 0) is 0 Å². The van der Waals surface area contributed by atoms with E-state index in [-0.39, 0.29) is 0 Å². The Morgan fingerprint density at radius 2 is 1.82 bits per heavy atom. The van der Waals surface area contributed by atoms with E-state index in [0.717, 1.165) is 7.88 Å². The van der Waals surface area contributed by atoms with Crippen LogP contribution in [0.1, 0.15) is 10.4 Å². The molecule has 0 saturated heterocycles. The predicted molar refractivity (Wildman–Crippen MR) is 99.6 cm³/mol. The Morgan fingerprint density at radius 1 is 1.18 bits per heavy atom. The van der Waals surface area contributed by atoms with Gasteiger partial charge in [0.2, 0.25) is 5.91 Å². The van der Waals surface area contributed by atoms with Gasteiger partial charge in [0.15, 0.2) is 0 Å². The molecule has 3 N–H and O–H groups in total. The fourth-order valence-electron chi connectivity index (χ4n) is 1.63. The lowest BCUT2D eigenvalue weighted by molar-refractivity contribution is 0.100. The second kappa shape index (κ2) is 7.21. The predicted octanol–water partition coefficient (Wildman–Crippen LogP) is 3.93. The molecule has 0 heterocycles. The summed E-state index contributed by atoms with van der Waals surface area (Å²) in [5.41, 5.74) is 6.58. The van der Waals surface area contributed by atoms with E-state index >= 15 is 0 Å².